The van der Waals surface area contributed by atoms with Crippen LogP contribution in [0.1, 0.15) is 23.2 Å². The molecule has 1 heterocycles. The SMILES string of the molecule is Cc1cc(CCC(N)=O)c2nc(C)ccc2c1. The number of fused-ring (bicyclic) bond motifs is 1. The number of aromatic nitrogens is 1. The number of hydrogen-bond donors (Lipinski definition) is 1. The zero-order chi connectivity index (χ0) is 12.4. The Morgan fingerprint density at radius 3 is 2.76 bits per heavy atom. The van der Waals surface area contributed by atoms with Crippen molar-refractivity contribution in [3.05, 3.63) is 41.1 Å². The van der Waals surface area contributed by atoms with Crippen molar-refractivity contribution in [1.82, 2.24) is 4.98 Å². The fraction of sp³-hybridized carbons (Fsp3) is 0.286. The third kappa shape index (κ3) is 2.61. The molecule has 1 aromatic heterocycles. The lowest BCUT2D eigenvalue weighted by atomic mass is 10.0. The summed E-state index contributed by atoms with van der Waals surface area (Å²) in [6.07, 6.45) is 1.03. The van der Waals surface area contributed by atoms with Crippen LogP contribution >= 0.6 is 0 Å². The lowest BCUT2D eigenvalue weighted by Gasteiger charge is -2.07. The number of pyridine rings is 1. The lowest BCUT2D eigenvalue weighted by molar-refractivity contribution is -0.117. The first-order valence-electron chi connectivity index (χ1n) is 5.71. The monoisotopic (exact) mass is 228 g/mol. The molecule has 2 N–H and O–H groups in total. The van der Waals surface area contributed by atoms with Crippen LogP contribution in [0.2, 0.25) is 0 Å². The van der Waals surface area contributed by atoms with Crippen molar-refractivity contribution in [3.8, 4) is 0 Å². The van der Waals surface area contributed by atoms with Gasteiger partial charge in [0.1, 0.15) is 0 Å². The second-order valence-corrected chi connectivity index (χ2v) is 4.41. The van der Waals surface area contributed by atoms with E-state index >= 15 is 0 Å². The molecule has 88 valence electrons. The van der Waals surface area contributed by atoms with Gasteiger partial charge in [-0.3, -0.25) is 9.78 Å². The van der Waals surface area contributed by atoms with Crippen LogP contribution < -0.4 is 5.73 Å². The molecular weight excluding hydrogens is 212 g/mol. The molecule has 17 heavy (non-hydrogen) atoms. The summed E-state index contributed by atoms with van der Waals surface area (Å²) in [6, 6.07) is 8.26. The topological polar surface area (TPSA) is 56.0 Å². The maximum absolute atomic E-state index is 10.9. The molecule has 0 saturated carbocycles. The minimum absolute atomic E-state index is 0.271. The Balaban J connectivity index is 2.51. The smallest absolute Gasteiger partial charge is 0.217 e. The maximum atomic E-state index is 10.9. The molecule has 0 bridgehead atoms. The summed E-state index contributed by atoms with van der Waals surface area (Å²) in [5.74, 6) is -0.271. The Kier molecular flexibility index (Phi) is 3.09. The summed E-state index contributed by atoms with van der Waals surface area (Å²) in [4.78, 5) is 15.4. The standard InChI is InChI=1S/C14H16N2O/c1-9-7-11-4-3-10(2)16-14(11)12(8-9)5-6-13(15)17/h3-4,7-8H,5-6H2,1-2H3,(H2,15,17). The van der Waals surface area contributed by atoms with Gasteiger partial charge in [0.05, 0.1) is 5.52 Å². The van der Waals surface area contributed by atoms with Gasteiger partial charge in [0.2, 0.25) is 5.91 Å². The molecule has 0 aliphatic carbocycles. The molecule has 2 aromatic rings. The first kappa shape index (κ1) is 11.6. The van der Waals surface area contributed by atoms with Crippen molar-refractivity contribution in [2.45, 2.75) is 26.7 Å². The second-order valence-electron chi connectivity index (χ2n) is 4.41. The van der Waals surface area contributed by atoms with Crippen LogP contribution in [0.3, 0.4) is 0 Å². The van der Waals surface area contributed by atoms with Crippen molar-refractivity contribution in [3.63, 3.8) is 0 Å². The Hall–Kier alpha value is -1.90. The van der Waals surface area contributed by atoms with E-state index in [0.29, 0.717) is 12.8 Å². The summed E-state index contributed by atoms with van der Waals surface area (Å²) >= 11 is 0. The average molecular weight is 228 g/mol. The Morgan fingerprint density at radius 2 is 2.06 bits per heavy atom. The number of benzene rings is 1. The lowest BCUT2D eigenvalue weighted by Crippen LogP contribution is -2.11. The average Bonchev–Trinajstić information content (AvgIpc) is 2.26. The molecule has 0 spiro atoms. The number of rotatable bonds is 3. The molecule has 3 nitrogen and oxygen atoms in total. The van der Waals surface area contributed by atoms with E-state index in [1.165, 1.54) is 5.56 Å². The van der Waals surface area contributed by atoms with E-state index in [9.17, 15) is 4.79 Å². The van der Waals surface area contributed by atoms with Crippen molar-refractivity contribution in [2.24, 2.45) is 5.73 Å². The summed E-state index contributed by atoms with van der Waals surface area (Å²) < 4.78 is 0. The summed E-state index contributed by atoms with van der Waals surface area (Å²) in [7, 11) is 0. The largest absolute Gasteiger partial charge is 0.370 e. The zero-order valence-electron chi connectivity index (χ0n) is 10.2. The van der Waals surface area contributed by atoms with Gasteiger partial charge in [-0.05, 0) is 38.0 Å². The van der Waals surface area contributed by atoms with Crippen LogP contribution in [-0.4, -0.2) is 10.9 Å². The van der Waals surface area contributed by atoms with E-state index in [-0.39, 0.29) is 5.91 Å². The van der Waals surface area contributed by atoms with E-state index in [0.717, 1.165) is 22.2 Å². The quantitative estimate of drug-likeness (QED) is 0.876. The van der Waals surface area contributed by atoms with Crippen LogP contribution in [0.4, 0.5) is 0 Å². The van der Waals surface area contributed by atoms with Gasteiger partial charge >= 0.3 is 0 Å². The van der Waals surface area contributed by atoms with Crippen LogP contribution in [-0.2, 0) is 11.2 Å². The van der Waals surface area contributed by atoms with Crippen LogP contribution in [0.5, 0.6) is 0 Å². The fourth-order valence-electron chi connectivity index (χ4n) is 2.02. The molecule has 0 aliphatic heterocycles. The number of nitrogens with two attached hydrogens (primary N) is 1. The van der Waals surface area contributed by atoms with E-state index in [4.69, 9.17) is 5.73 Å². The minimum atomic E-state index is -0.271. The molecule has 0 unspecified atom stereocenters. The van der Waals surface area contributed by atoms with Gasteiger partial charge in [0.15, 0.2) is 0 Å². The molecule has 0 aliphatic rings. The first-order valence-corrected chi connectivity index (χ1v) is 5.71. The fourth-order valence-corrected chi connectivity index (χ4v) is 2.02. The van der Waals surface area contributed by atoms with Gasteiger partial charge in [-0.15, -0.1) is 0 Å². The van der Waals surface area contributed by atoms with Crippen LogP contribution in [0, 0.1) is 13.8 Å². The highest BCUT2D eigenvalue weighted by Crippen LogP contribution is 2.21. The Morgan fingerprint density at radius 1 is 1.29 bits per heavy atom. The van der Waals surface area contributed by atoms with E-state index in [2.05, 4.69) is 23.2 Å². The van der Waals surface area contributed by atoms with Gasteiger partial charge in [-0.25, -0.2) is 0 Å². The number of carbonyl (C=O) groups excluding carboxylic acids is 1. The van der Waals surface area contributed by atoms with E-state index in [1.807, 2.05) is 19.9 Å². The molecule has 0 saturated heterocycles. The van der Waals surface area contributed by atoms with Crippen LogP contribution in [0.15, 0.2) is 24.3 Å². The highest BCUT2D eigenvalue weighted by Gasteiger charge is 2.06. The summed E-state index contributed by atoms with van der Waals surface area (Å²) in [6.45, 7) is 4.02. The van der Waals surface area contributed by atoms with Crippen molar-refractivity contribution in [2.75, 3.05) is 0 Å². The van der Waals surface area contributed by atoms with Crippen LogP contribution in [0.25, 0.3) is 10.9 Å². The van der Waals surface area contributed by atoms with Crippen molar-refractivity contribution < 1.29 is 4.79 Å². The summed E-state index contributed by atoms with van der Waals surface area (Å²) in [5, 5.41) is 1.12. The number of amides is 1. The molecule has 3 heteroatoms. The van der Waals surface area contributed by atoms with Gasteiger partial charge in [-0.2, -0.15) is 0 Å². The first-order chi connectivity index (χ1) is 8.06. The van der Waals surface area contributed by atoms with Gasteiger partial charge in [0, 0.05) is 17.5 Å². The zero-order valence-corrected chi connectivity index (χ0v) is 10.2. The van der Waals surface area contributed by atoms with Gasteiger partial charge < -0.3 is 5.73 Å². The second kappa shape index (κ2) is 4.53. The van der Waals surface area contributed by atoms with Crippen molar-refractivity contribution >= 4 is 16.8 Å². The summed E-state index contributed by atoms with van der Waals surface area (Å²) in [5.41, 5.74) is 9.45. The third-order valence-electron chi connectivity index (χ3n) is 2.80. The minimum Gasteiger partial charge on any atom is -0.370 e. The van der Waals surface area contributed by atoms with E-state index in [1.54, 1.807) is 0 Å². The predicted molar refractivity (Wildman–Crippen MR) is 68.7 cm³/mol. The van der Waals surface area contributed by atoms with Gasteiger partial charge in [-0.1, -0.05) is 17.7 Å². The van der Waals surface area contributed by atoms with Gasteiger partial charge in [0.25, 0.3) is 0 Å². The normalized spacial score (nSPS) is 10.7. The maximum Gasteiger partial charge on any atom is 0.217 e. The molecule has 0 radical (unpaired) electrons. The third-order valence-corrected chi connectivity index (χ3v) is 2.80. The highest BCUT2D eigenvalue weighted by molar-refractivity contribution is 5.83. The number of primary amides is 1. The molecule has 0 atom stereocenters. The number of aryl methyl sites for hydroxylation is 3. The Labute approximate surface area is 101 Å². The highest BCUT2D eigenvalue weighted by atomic mass is 16.1. The molecule has 2 rings (SSSR count). The molecule has 1 aromatic carbocycles. The van der Waals surface area contributed by atoms with E-state index < -0.39 is 0 Å². The molecule has 1 amide bonds. The number of nitrogens with zero attached hydrogens (tertiary/aromatic N) is 1. The van der Waals surface area contributed by atoms with Crippen molar-refractivity contribution in [1.29, 1.82) is 0 Å². The molecular formula is C14H16N2O. The molecule has 0 fully saturated rings. The number of hydrogen-bond acceptors (Lipinski definition) is 2. The number of carbonyl (C=O) groups is 1. The Bertz CT molecular complexity index is 576. The predicted octanol–water partition coefficient (Wildman–Crippen LogP) is 2.27.